The molecule has 0 N–H and O–H groups in total. The molecule has 0 nitrogen and oxygen atoms in total. The van der Waals surface area contributed by atoms with Crippen molar-refractivity contribution in [3.63, 3.8) is 0 Å². The van der Waals surface area contributed by atoms with E-state index >= 15 is 0 Å². The average Bonchev–Trinajstić information content (AvgIpc) is 2.47. The van der Waals surface area contributed by atoms with Crippen LogP contribution in [-0.2, 0) is 0 Å². The lowest BCUT2D eigenvalue weighted by atomic mass is 9.92. The van der Waals surface area contributed by atoms with Crippen LogP contribution in [0.3, 0.4) is 0 Å². The molecule has 12 heavy (non-hydrogen) atoms. The Morgan fingerprint density at radius 3 is 2.58 bits per heavy atom. The third kappa shape index (κ3) is 1.31. The van der Waals surface area contributed by atoms with Gasteiger partial charge in [0.2, 0.25) is 0 Å². The standard InChI is InChI=1S/C11H18Si/c1-12(2)11-8-7-9-5-3-4-6-10(9)11/h3-6,9-12H,7-8H2,1-2H3/t9-,10?,11?/m1/s1. The summed E-state index contributed by atoms with van der Waals surface area (Å²) in [6.45, 7) is 5.00. The van der Waals surface area contributed by atoms with Crippen LogP contribution in [0.25, 0.3) is 0 Å². The first-order valence-corrected chi connectivity index (χ1v) is 8.11. The minimum atomic E-state index is -0.402. The van der Waals surface area contributed by atoms with Crippen molar-refractivity contribution in [3.05, 3.63) is 24.3 Å². The first kappa shape index (κ1) is 8.30. The zero-order valence-corrected chi connectivity index (χ0v) is 9.19. The Labute approximate surface area is 77.0 Å². The molecule has 0 heterocycles. The molecule has 2 aliphatic rings. The second-order valence-corrected chi connectivity index (χ2v) is 7.84. The molecule has 0 aromatic rings. The number of allylic oxidation sites excluding steroid dienone is 4. The van der Waals surface area contributed by atoms with Crippen LogP contribution in [0.4, 0.5) is 0 Å². The monoisotopic (exact) mass is 178 g/mol. The maximum atomic E-state index is 2.50. The van der Waals surface area contributed by atoms with E-state index in [1.807, 2.05) is 0 Å². The van der Waals surface area contributed by atoms with E-state index in [-0.39, 0.29) is 0 Å². The molecule has 1 fully saturated rings. The fourth-order valence-corrected chi connectivity index (χ4v) is 4.94. The Morgan fingerprint density at radius 2 is 1.83 bits per heavy atom. The van der Waals surface area contributed by atoms with E-state index in [0.29, 0.717) is 0 Å². The number of hydrogen-bond acceptors (Lipinski definition) is 0. The second-order valence-electron chi connectivity index (χ2n) is 4.50. The van der Waals surface area contributed by atoms with Gasteiger partial charge in [0.1, 0.15) is 0 Å². The highest BCUT2D eigenvalue weighted by molar-refractivity contribution is 6.57. The molecule has 1 saturated carbocycles. The molecule has 0 aliphatic heterocycles. The van der Waals surface area contributed by atoms with Crippen LogP contribution in [0.2, 0.25) is 18.6 Å². The van der Waals surface area contributed by atoms with Gasteiger partial charge in [0, 0.05) is 8.80 Å². The summed E-state index contributed by atoms with van der Waals surface area (Å²) in [6.07, 6.45) is 12.3. The summed E-state index contributed by atoms with van der Waals surface area (Å²) in [6, 6.07) is 0. The molecule has 0 radical (unpaired) electrons. The smallest absolute Gasteiger partial charge is 0.0344 e. The van der Waals surface area contributed by atoms with E-state index in [1.54, 1.807) is 0 Å². The Balaban J connectivity index is 2.13. The van der Waals surface area contributed by atoms with Gasteiger partial charge in [0.05, 0.1) is 0 Å². The predicted octanol–water partition coefficient (Wildman–Crippen LogP) is 3.00. The number of rotatable bonds is 1. The molecule has 0 bridgehead atoms. The largest absolute Gasteiger partial charge is 0.0809 e. The molecular formula is C11H18Si. The van der Waals surface area contributed by atoms with Crippen molar-refractivity contribution in [2.24, 2.45) is 11.8 Å². The van der Waals surface area contributed by atoms with Gasteiger partial charge in [0.25, 0.3) is 0 Å². The molecule has 66 valence electrons. The van der Waals surface area contributed by atoms with Crippen LogP contribution in [0.15, 0.2) is 24.3 Å². The topological polar surface area (TPSA) is 0 Å². The predicted molar refractivity (Wildman–Crippen MR) is 57.1 cm³/mol. The van der Waals surface area contributed by atoms with Crippen molar-refractivity contribution in [1.29, 1.82) is 0 Å². The van der Waals surface area contributed by atoms with Crippen LogP contribution in [0.5, 0.6) is 0 Å². The quantitative estimate of drug-likeness (QED) is 0.542. The maximum Gasteiger partial charge on any atom is 0.0344 e. The summed E-state index contributed by atoms with van der Waals surface area (Å²) in [5.74, 6) is 1.82. The highest BCUT2D eigenvalue weighted by atomic mass is 28.3. The summed E-state index contributed by atoms with van der Waals surface area (Å²) in [7, 11) is -0.402. The lowest BCUT2D eigenvalue weighted by Crippen LogP contribution is -2.18. The van der Waals surface area contributed by atoms with Gasteiger partial charge in [-0.1, -0.05) is 43.8 Å². The van der Waals surface area contributed by atoms with Crippen molar-refractivity contribution >= 4 is 8.80 Å². The number of fused-ring (bicyclic) bond motifs is 1. The summed E-state index contributed by atoms with van der Waals surface area (Å²) >= 11 is 0. The van der Waals surface area contributed by atoms with Gasteiger partial charge in [-0.15, -0.1) is 0 Å². The highest BCUT2D eigenvalue weighted by Crippen LogP contribution is 2.45. The summed E-state index contributed by atoms with van der Waals surface area (Å²) in [4.78, 5) is 0. The molecule has 0 aromatic heterocycles. The summed E-state index contributed by atoms with van der Waals surface area (Å²) in [5.41, 5.74) is 1.08. The van der Waals surface area contributed by atoms with Crippen LogP contribution in [0, 0.1) is 11.8 Å². The van der Waals surface area contributed by atoms with Crippen molar-refractivity contribution in [1.82, 2.24) is 0 Å². The van der Waals surface area contributed by atoms with Gasteiger partial charge in [-0.25, -0.2) is 0 Å². The fraction of sp³-hybridized carbons (Fsp3) is 0.636. The first-order valence-electron chi connectivity index (χ1n) is 5.14. The van der Waals surface area contributed by atoms with Gasteiger partial charge < -0.3 is 0 Å². The van der Waals surface area contributed by atoms with E-state index in [9.17, 15) is 0 Å². The fourth-order valence-electron chi connectivity index (χ4n) is 2.77. The van der Waals surface area contributed by atoms with Gasteiger partial charge in [-0.2, -0.15) is 0 Å². The lowest BCUT2D eigenvalue weighted by Gasteiger charge is -2.23. The van der Waals surface area contributed by atoms with Crippen molar-refractivity contribution < 1.29 is 0 Å². The second kappa shape index (κ2) is 3.21. The van der Waals surface area contributed by atoms with Gasteiger partial charge >= 0.3 is 0 Å². The van der Waals surface area contributed by atoms with Crippen LogP contribution < -0.4 is 0 Å². The minimum Gasteiger partial charge on any atom is -0.0809 e. The molecular weight excluding hydrogens is 160 g/mol. The third-order valence-corrected chi connectivity index (χ3v) is 5.97. The van der Waals surface area contributed by atoms with E-state index in [4.69, 9.17) is 0 Å². The zero-order valence-electron chi connectivity index (χ0n) is 8.03. The Kier molecular flexibility index (Phi) is 2.22. The zero-order chi connectivity index (χ0) is 8.55. The highest BCUT2D eigenvalue weighted by Gasteiger charge is 2.35. The van der Waals surface area contributed by atoms with Gasteiger partial charge in [0.15, 0.2) is 0 Å². The van der Waals surface area contributed by atoms with Gasteiger partial charge in [-0.3, -0.25) is 0 Å². The van der Waals surface area contributed by atoms with Crippen LogP contribution >= 0.6 is 0 Å². The van der Waals surface area contributed by atoms with Gasteiger partial charge in [-0.05, 0) is 23.8 Å². The van der Waals surface area contributed by atoms with E-state index < -0.39 is 8.80 Å². The molecule has 0 aromatic carbocycles. The molecule has 2 aliphatic carbocycles. The van der Waals surface area contributed by atoms with E-state index in [0.717, 1.165) is 17.4 Å². The molecule has 3 atom stereocenters. The summed E-state index contributed by atoms with van der Waals surface area (Å²) < 4.78 is 0. The molecule has 2 unspecified atom stereocenters. The molecule has 2 rings (SSSR count). The number of hydrogen-bond donors (Lipinski definition) is 0. The molecule has 0 saturated heterocycles. The normalized spacial score (nSPS) is 39.1. The maximum absolute atomic E-state index is 2.50. The minimum absolute atomic E-state index is 0.402. The van der Waals surface area contributed by atoms with Crippen molar-refractivity contribution in [2.45, 2.75) is 31.5 Å². The summed E-state index contributed by atoms with van der Waals surface area (Å²) in [5, 5.41) is 0. The van der Waals surface area contributed by atoms with Crippen molar-refractivity contribution in [2.75, 3.05) is 0 Å². The van der Waals surface area contributed by atoms with Crippen molar-refractivity contribution in [3.8, 4) is 0 Å². The average molecular weight is 178 g/mol. The van der Waals surface area contributed by atoms with Crippen LogP contribution in [0.1, 0.15) is 12.8 Å². The lowest BCUT2D eigenvalue weighted by molar-refractivity contribution is 0.548. The Hall–Kier alpha value is -0.303. The molecule has 0 spiro atoms. The SMILES string of the molecule is C[SiH](C)C1CC[C@H]2C=CC=CC12. The third-order valence-electron chi connectivity index (χ3n) is 3.48. The Morgan fingerprint density at radius 1 is 1.08 bits per heavy atom. The van der Waals surface area contributed by atoms with E-state index in [2.05, 4.69) is 37.4 Å². The first-order chi connectivity index (χ1) is 5.79. The van der Waals surface area contributed by atoms with E-state index in [1.165, 1.54) is 12.8 Å². The Bertz CT molecular complexity index is 215. The molecule has 1 heteroatoms. The molecule has 0 amide bonds. The van der Waals surface area contributed by atoms with Crippen LogP contribution in [-0.4, -0.2) is 8.80 Å².